The lowest BCUT2D eigenvalue weighted by Crippen LogP contribution is -2.47. The van der Waals surface area contributed by atoms with Crippen LogP contribution in [0.4, 0.5) is 0 Å². The molecule has 110 valence electrons. The molecule has 0 saturated carbocycles. The number of hydrogen-bond donors (Lipinski definition) is 4. The van der Waals surface area contributed by atoms with Crippen LogP contribution in [0, 0.1) is 5.41 Å². The van der Waals surface area contributed by atoms with Gasteiger partial charge in [0.25, 0.3) is 0 Å². The monoisotopic (exact) mass is 272 g/mol. The molecule has 1 fully saturated rings. The lowest BCUT2D eigenvalue weighted by molar-refractivity contribution is -0.138. The van der Waals surface area contributed by atoms with Gasteiger partial charge in [-0.2, -0.15) is 0 Å². The molecule has 0 aromatic carbocycles. The van der Waals surface area contributed by atoms with E-state index in [0.29, 0.717) is 19.4 Å². The summed E-state index contributed by atoms with van der Waals surface area (Å²) in [4.78, 5) is 22.8. The summed E-state index contributed by atoms with van der Waals surface area (Å²) < 4.78 is 0. The van der Waals surface area contributed by atoms with Crippen LogP contribution in [0.1, 0.15) is 40.0 Å². The van der Waals surface area contributed by atoms with Gasteiger partial charge in [-0.3, -0.25) is 9.59 Å². The van der Waals surface area contributed by atoms with Gasteiger partial charge in [-0.1, -0.05) is 20.8 Å². The largest absolute Gasteiger partial charge is 0.481 e. The predicted molar refractivity (Wildman–Crippen MR) is 70.7 cm³/mol. The van der Waals surface area contributed by atoms with Crippen LogP contribution in [0.15, 0.2) is 0 Å². The lowest BCUT2D eigenvalue weighted by Gasteiger charge is -2.26. The van der Waals surface area contributed by atoms with Crippen molar-refractivity contribution in [1.29, 1.82) is 0 Å². The Morgan fingerprint density at radius 1 is 1.42 bits per heavy atom. The van der Waals surface area contributed by atoms with E-state index in [1.807, 2.05) is 20.8 Å². The van der Waals surface area contributed by atoms with Crippen molar-refractivity contribution >= 4 is 11.9 Å². The molecule has 1 saturated heterocycles. The molecule has 6 heteroatoms. The molecule has 3 atom stereocenters. The molecule has 6 nitrogen and oxygen atoms in total. The maximum atomic E-state index is 12.0. The molecule has 0 aromatic heterocycles. The molecule has 0 spiro atoms. The van der Waals surface area contributed by atoms with Crippen LogP contribution in [0.2, 0.25) is 0 Å². The van der Waals surface area contributed by atoms with E-state index in [1.165, 1.54) is 0 Å². The Labute approximate surface area is 113 Å². The maximum absolute atomic E-state index is 12.0. The Balaban J connectivity index is 2.56. The van der Waals surface area contributed by atoms with Crippen molar-refractivity contribution in [1.82, 2.24) is 10.6 Å². The number of aliphatic hydroxyl groups excluding tert-OH is 1. The molecule has 0 aromatic rings. The number of aliphatic carboxylic acids is 1. The molecule has 1 aliphatic rings. The predicted octanol–water partition coefficient (Wildman–Crippen LogP) is 0.105. The molecule has 0 aliphatic carbocycles. The first-order chi connectivity index (χ1) is 8.67. The van der Waals surface area contributed by atoms with Crippen LogP contribution >= 0.6 is 0 Å². The van der Waals surface area contributed by atoms with Gasteiger partial charge >= 0.3 is 5.97 Å². The third-order valence-electron chi connectivity index (χ3n) is 3.05. The van der Waals surface area contributed by atoms with Crippen LogP contribution in [-0.2, 0) is 9.59 Å². The summed E-state index contributed by atoms with van der Waals surface area (Å²) >= 11 is 0. The summed E-state index contributed by atoms with van der Waals surface area (Å²) in [5.74, 6) is -1.15. The second kappa shape index (κ2) is 6.34. The molecule has 1 heterocycles. The van der Waals surface area contributed by atoms with E-state index in [0.717, 1.165) is 0 Å². The minimum absolute atomic E-state index is 0.0595. The van der Waals surface area contributed by atoms with Crippen LogP contribution < -0.4 is 10.6 Å². The van der Waals surface area contributed by atoms with E-state index in [9.17, 15) is 14.7 Å². The number of aliphatic hydroxyl groups is 1. The van der Waals surface area contributed by atoms with Crippen LogP contribution in [-0.4, -0.2) is 46.8 Å². The van der Waals surface area contributed by atoms with Crippen molar-refractivity contribution in [2.24, 2.45) is 5.41 Å². The van der Waals surface area contributed by atoms with Gasteiger partial charge in [0.05, 0.1) is 18.6 Å². The number of carboxylic acid groups (broad SMARTS) is 1. The number of β-amino-alcohol motifs (C(OH)–C–C–N with tert-alkyl or cyclic N) is 1. The first-order valence-corrected chi connectivity index (χ1v) is 6.61. The minimum atomic E-state index is -0.922. The van der Waals surface area contributed by atoms with Crippen LogP contribution in [0.5, 0.6) is 0 Å². The number of hydrogen-bond acceptors (Lipinski definition) is 4. The van der Waals surface area contributed by atoms with Crippen LogP contribution in [0.3, 0.4) is 0 Å². The average Bonchev–Trinajstić information content (AvgIpc) is 2.60. The van der Waals surface area contributed by atoms with Gasteiger partial charge in [0.1, 0.15) is 0 Å². The number of amides is 1. The van der Waals surface area contributed by atoms with E-state index in [-0.39, 0.29) is 23.8 Å². The summed E-state index contributed by atoms with van der Waals surface area (Å²) in [5.41, 5.74) is -0.0595. The number of carbonyl (C=O) groups is 2. The fourth-order valence-electron chi connectivity index (χ4n) is 2.34. The fraction of sp³-hybridized carbons (Fsp3) is 0.846. The second-order valence-corrected chi connectivity index (χ2v) is 6.42. The van der Waals surface area contributed by atoms with E-state index in [4.69, 9.17) is 5.11 Å². The normalized spacial score (nSPS) is 25.1. The van der Waals surface area contributed by atoms with Gasteiger partial charge in [0, 0.05) is 12.6 Å². The molecule has 1 rings (SSSR count). The van der Waals surface area contributed by atoms with Crippen molar-refractivity contribution in [2.45, 2.75) is 58.2 Å². The van der Waals surface area contributed by atoms with Gasteiger partial charge in [-0.15, -0.1) is 0 Å². The Morgan fingerprint density at radius 3 is 2.47 bits per heavy atom. The van der Waals surface area contributed by atoms with Crippen molar-refractivity contribution in [3.63, 3.8) is 0 Å². The fourth-order valence-corrected chi connectivity index (χ4v) is 2.34. The highest BCUT2D eigenvalue weighted by atomic mass is 16.4. The highest BCUT2D eigenvalue weighted by Gasteiger charge is 2.30. The smallest absolute Gasteiger partial charge is 0.305 e. The Morgan fingerprint density at radius 2 is 2.05 bits per heavy atom. The van der Waals surface area contributed by atoms with Crippen molar-refractivity contribution in [3.05, 3.63) is 0 Å². The highest BCUT2D eigenvalue weighted by Crippen LogP contribution is 2.22. The van der Waals surface area contributed by atoms with E-state index < -0.39 is 18.1 Å². The summed E-state index contributed by atoms with van der Waals surface area (Å²) in [6.45, 7) is 6.42. The summed E-state index contributed by atoms with van der Waals surface area (Å²) in [5, 5.41) is 24.0. The summed E-state index contributed by atoms with van der Waals surface area (Å²) in [6, 6.07) is -0.809. The maximum Gasteiger partial charge on any atom is 0.305 e. The zero-order valence-corrected chi connectivity index (χ0v) is 11.8. The average molecular weight is 272 g/mol. The van der Waals surface area contributed by atoms with E-state index in [1.54, 1.807) is 0 Å². The molecule has 19 heavy (non-hydrogen) atoms. The van der Waals surface area contributed by atoms with Gasteiger partial charge in [0.2, 0.25) is 5.91 Å². The van der Waals surface area contributed by atoms with Gasteiger partial charge in [-0.05, 0) is 18.3 Å². The molecule has 1 aliphatic heterocycles. The van der Waals surface area contributed by atoms with Crippen molar-refractivity contribution in [3.8, 4) is 0 Å². The van der Waals surface area contributed by atoms with E-state index >= 15 is 0 Å². The Kier molecular flexibility index (Phi) is 5.31. The number of carbonyl (C=O) groups excluding carboxylic acids is 1. The molecular formula is C13H24N2O4. The third kappa shape index (κ3) is 6.02. The van der Waals surface area contributed by atoms with Crippen molar-refractivity contribution in [2.75, 3.05) is 6.54 Å². The molecule has 4 N–H and O–H groups in total. The topological polar surface area (TPSA) is 98.7 Å². The van der Waals surface area contributed by atoms with Crippen LogP contribution in [0.25, 0.3) is 0 Å². The van der Waals surface area contributed by atoms with Crippen molar-refractivity contribution < 1.29 is 19.8 Å². The third-order valence-corrected chi connectivity index (χ3v) is 3.05. The molecule has 0 radical (unpaired) electrons. The minimum Gasteiger partial charge on any atom is -0.481 e. The van der Waals surface area contributed by atoms with Gasteiger partial charge in [-0.25, -0.2) is 0 Å². The van der Waals surface area contributed by atoms with E-state index in [2.05, 4.69) is 10.6 Å². The number of nitrogens with one attached hydrogen (secondary N) is 2. The molecule has 0 bridgehead atoms. The second-order valence-electron chi connectivity index (χ2n) is 6.42. The number of rotatable bonds is 5. The lowest BCUT2D eigenvalue weighted by atomic mass is 9.87. The summed E-state index contributed by atoms with van der Waals surface area (Å²) in [6.07, 6.45) is 0.385. The Bertz CT molecular complexity index is 338. The zero-order valence-electron chi connectivity index (χ0n) is 11.8. The molecule has 1 amide bonds. The summed E-state index contributed by atoms with van der Waals surface area (Å²) in [7, 11) is 0. The van der Waals surface area contributed by atoms with Gasteiger partial charge in [0.15, 0.2) is 0 Å². The van der Waals surface area contributed by atoms with Gasteiger partial charge < -0.3 is 20.8 Å². The standard InChI is InChI=1S/C13H24N2O4/c1-13(2,3)6-8(4-11(17)18)15-12(19)10-5-9(16)7-14-10/h8-10,14,16H,4-7H2,1-3H3,(H,15,19)(H,17,18). The quantitative estimate of drug-likeness (QED) is 0.569. The Hall–Kier alpha value is -1.14. The zero-order chi connectivity index (χ0) is 14.6. The number of carboxylic acids is 1. The molecular weight excluding hydrogens is 248 g/mol. The first kappa shape index (κ1) is 15.9. The highest BCUT2D eigenvalue weighted by molar-refractivity contribution is 5.83. The SMILES string of the molecule is CC(C)(C)CC(CC(=O)O)NC(=O)C1CC(O)CN1. The first-order valence-electron chi connectivity index (χ1n) is 6.61. The molecule has 3 unspecified atom stereocenters.